The molecule has 2 heterocycles. The van der Waals surface area contributed by atoms with Gasteiger partial charge in [0.1, 0.15) is 5.69 Å². The van der Waals surface area contributed by atoms with E-state index in [-0.39, 0.29) is 11.5 Å². The number of ketones is 1. The maximum atomic E-state index is 12.7. The van der Waals surface area contributed by atoms with Crippen LogP contribution >= 0.6 is 15.9 Å². The number of anilines is 1. The Kier molecular flexibility index (Phi) is 4.56. The predicted molar refractivity (Wildman–Crippen MR) is 85.2 cm³/mol. The van der Waals surface area contributed by atoms with Gasteiger partial charge in [0.25, 0.3) is 0 Å². The minimum absolute atomic E-state index is 0.194. The van der Waals surface area contributed by atoms with Crippen LogP contribution in [0.25, 0.3) is 0 Å². The van der Waals surface area contributed by atoms with Crippen LogP contribution < -0.4 is 5.32 Å². The van der Waals surface area contributed by atoms with Crippen LogP contribution in [0.1, 0.15) is 30.0 Å². The second kappa shape index (κ2) is 6.23. The summed E-state index contributed by atoms with van der Waals surface area (Å²) >= 11 is 3.36. The number of rotatable bonds is 4. The summed E-state index contributed by atoms with van der Waals surface area (Å²) in [5.41, 5.74) is 0.338. The lowest BCUT2D eigenvalue weighted by Gasteiger charge is -2.22. The van der Waals surface area contributed by atoms with Crippen molar-refractivity contribution in [1.82, 2.24) is 9.97 Å². The Morgan fingerprint density at radius 1 is 1.23 bits per heavy atom. The van der Waals surface area contributed by atoms with Gasteiger partial charge in [-0.1, -0.05) is 15.9 Å². The lowest BCUT2D eigenvalue weighted by atomic mass is 9.82. The van der Waals surface area contributed by atoms with Gasteiger partial charge in [0.2, 0.25) is 0 Å². The molecule has 2 aromatic rings. The molecule has 0 saturated carbocycles. The highest BCUT2D eigenvalue weighted by Crippen LogP contribution is 2.27. The molecule has 0 aliphatic heterocycles. The molecule has 2 N–H and O–H groups in total. The second-order valence-corrected chi connectivity index (χ2v) is 6.09. The summed E-state index contributed by atoms with van der Waals surface area (Å²) < 4.78 is 0.840. The average molecular weight is 364 g/mol. The Balaban J connectivity index is 2.28. The van der Waals surface area contributed by atoms with Gasteiger partial charge in [-0.15, -0.1) is 0 Å². The van der Waals surface area contributed by atoms with E-state index >= 15 is 0 Å². The fraction of sp³-hybridized carbons (Fsp3) is 0.200. The number of amides is 1. The molecule has 0 atom stereocenters. The smallest absolute Gasteiger partial charge is 0.409 e. The molecule has 0 saturated heterocycles. The summed E-state index contributed by atoms with van der Waals surface area (Å²) in [5.74, 6) is -0.194. The van der Waals surface area contributed by atoms with Crippen LogP contribution in [0.3, 0.4) is 0 Å². The summed E-state index contributed by atoms with van der Waals surface area (Å²) in [4.78, 5) is 31.5. The fourth-order valence-electron chi connectivity index (χ4n) is 1.91. The van der Waals surface area contributed by atoms with Crippen molar-refractivity contribution >= 4 is 33.5 Å². The number of carboxylic acid groups (broad SMARTS) is 1. The number of aromatic nitrogens is 2. The van der Waals surface area contributed by atoms with Crippen LogP contribution in [0.2, 0.25) is 0 Å². The molecule has 0 bridgehead atoms. The molecule has 0 unspecified atom stereocenters. The number of carbonyl (C=O) groups is 2. The first-order valence-corrected chi connectivity index (χ1v) is 7.23. The van der Waals surface area contributed by atoms with E-state index in [1.54, 1.807) is 32.2 Å². The summed E-state index contributed by atoms with van der Waals surface area (Å²) in [7, 11) is 0. The maximum absolute atomic E-state index is 12.7. The Hall–Kier alpha value is -2.28. The fourth-order valence-corrected chi connectivity index (χ4v) is 2.24. The molecule has 114 valence electrons. The first kappa shape index (κ1) is 16.1. The second-order valence-electron chi connectivity index (χ2n) is 5.18. The van der Waals surface area contributed by atoms with Crippen molar-refractivity contribution in [3.05, 3.63) is 52.5 Å². The Morgan fingerprint density at radius 2 is 1.95 bits per heavy atom. The number of pyridine rings is 2. The third-order valence-electron chi connectivity index (χ3n) is 3.18. The number of nitrogens with one attached hydrogen (secondary N) is 1. The van der Waals surface area contributed by atoms with E-state index in [0.29, 0.717) is 11.4 Å². The zero-order valence-electron chi connectivity index (χ0n) is 12.0. The number of hydrogen-bond acceptors (Lipinski definition) is 4. The van der Waals surface area contributed by atoms with Crippen molar-refractivity contribution in [2.24, 2.45) is 0 Å². The van der Waals surface area contributed by atoms with Crippen LogP contribution in [0, 0.1) is 0 Å². The molecule has 1 amide bonds. The Morgan fingerprint density at radius 3 is 2.50 bits per heavy atom. The average Bonchev–Trinajstić information content (AvgIpc) is 2.46. The maximum Gasteiger partial charge on any atom is 0.409 e. The van der Waals surface area contributed by atoms with E-state index < -0.39 is 11.5 Å². The van der Waals surface area contributed by atoms with Gasteiger partial charge < -0.3 is 5.11 Å². The first-order chi connectivity index (χ1) is 10.3. The predicted octanol–water partition coefficient (Wildman–Crippen LogP) is 3.49. The molecule has 7 heteroatoms. The molecular formula is C15H14BrN3O3. The number of Topliss-reactive ketones (excluding diaryl/α,β-unsaturated/α-hetero) is 1. The molecular weight excluding hydrogens is 350 g/mol. The normalized spacial score (nSPS) is 11.0. The van der Waals surface area contributed by atoms with Gasteiger partial charge in [-0.3, -0.25) is 20.1 Å². The van der Waals surface area contributed by atoms with Crippen molar-refractivity contribution in [3.8, 4) is 0 Å². The van der Waals surface area contributed by atoms with E-state index in [0.717, 1.165) is 4.47 Å². The number of carbonyl (C=O) groups excluding carboxylic acids is 1. The van der Waals surface area contributed by atoms with Crippen LogP contribution in [0.4, 0.5) is 10.5 Å². The quantitative estimate of drug-likeness (QED) is 0.811. The van der Waals surface area contributed by atoms with Gasteiger partial charge in [-0.2, -0.15) is 0 Å². The topological polar surface area (TPSA) is 92.2 Å². The molecule has 0 aliphatic rings. The van der Waals surface area contributed by atoms with Gasteiger partial charge >= 0.3 is 6.09 Å². The van der Waals surface area contributed by atoms with Crippen molar-refractivity contribution in [2.75, 3.05) is 5.32 Å². The molecule has 0 spiro atoms. The SMILES string of the molecule is CC(C)(C(=O)c1ccc(NC(=O)O)cn1)c1cc(Br)ccn1. The van der Waals surface area contributed by atoms with E-state index in [4.69, 9.17) is 5.11 Å². The van der Waals surface area contributed by atoms with E-state index in [9.17, 15) is 9.59 Å². The molecule has 22 heavy (non-hydrogen) atoms. The lowest BCUT2D eigenvalue weighted by molar-refractivity contribution is 0.0900. The van der Waals surface area contributed by atoms with Gasteiger partial charge in [0.05, 0.1) is 23.0 Å². The Bertz CT molecular complexity index is 714. The monoisotopic (exact) mass is 363 g/mol. The number of nitrogens with zero attached hydrogens (tertiary/aromatic N) is 2. The zero-order valence-corrected chi connectivity index (χ0v) is 13.6. The standard InChI is InChI=1S/C15H14BrN3O3/c1-15(2,12-7-9(16)5-6-17-12)13(20)11-4-3-10(8-18-11)19-14(21)22/h3-8,19H,1-2H3,(H,21,22). The molecule has 2 aromatic heterocycles. The largest absolute Gasteiger partial charge is 0.465 e. The molecule has 6 nitrogen and oxygen atoms in total. The third kappa shape index (κ3) is 3.48. The van der Waals surface area contributed by atoms with E-state index in [1.807, 2.05) is 0 Å². The van der Waals surface area contributed by atoms with E-state index in [2.05, 4.69) is 31.2 Å². The molecule has 0 aromatic carbocycles. The molecule has 0 fully saturated rings. The highest BCUT2D eigenvalue weighted by Gasteiger charge is 2.33. The van der Waals surface area contributed by atoms with Crippen LogP contribution in [0.5, 0.6) is 0 Å². The summed E-state index contributed by atoms with van der Waals surface area (Å²) in [5, 5.41) is 10.8. The molecule has 2 rings (SSSR count). The zero-order chi connectivity index (χ0) is 16.3. The van der Waals surface area contributed by atoms with Crippen molar-refractivity contribution in [1.29, 1.82) is 0 Å². The molecule has 0 aliphatic carbocycles. The minimum Gasteiger partial charge on any atom is -0.465 e. The summed E-state index contributed by atoms with van der Waals surface area (Å²) in [6.45, 7) is 3.55. The van der Waals surface area contributed by atoms with Gasteiger partial charge in [0.15, 0.2) is 5.78 Å². The first-order valence-electron chi connectivity index (χ1n) is 6.43. The van der Waals surface area contributed by atoms with Crippen molar-refractivity contribution in [2.45, 2.75) is 19.3 Å². The van der Waals surface area contributed by atoms with Crippen molar-refractivity contribution < 1.29 is 14.7 Å². The van der Waals surface area contributed by atoms with Crippen LogP contribution in [-0.2, 0) is 5.41 Å². The highest BCUT2D eigenvalue weighted by molar-refractivity contribution is 9.10. The van der Waals surface area contributed by atoms with Crippen LogP contribution in [-0.4, -0.2) is 27.0 Å². The van der Waals surface area contributed by atoms with Gasteiger partial charge in [-0.05, 0) is 38.1 Å². The van der Waals surface area contributed by atoms with Gasteiger partial charge in [-0.25, -0.2) is 4.79 Å². The number of hydrogen-bond donors (Lipinski definition) is 2. The number of halogens is 1. The van der Waals surface area contributed by atoms with Crippen LogP contribution in [0.15, 0.2) is 41.1 Å². The molecule has 0 radical (unpaired) electrons. The van der Waals surface area contributed by atoms with E-state index in [1.165, 1.54) is 18.3 Å². The third-order valence-corrected chi connectivity index (χ3v) is 3.67. The summed E-state index contributed by atoms with van der Waals surface area (Å²) in [6, 6.07) is 6.57. The van der Waals surface area contributed by atoms with Gasteiger partial charge in [0, 0.05) is 10.7 Å². The minimum atomic E-state index is -1.18. The van der Waals surface area contributed by atoms with Crippen molar-refractivity contribution in [3.63, 3.8) is 0 Å². The summed E-state index contributed by atoms with van der Waals surface area (Å²) in [6.07, 6.45) is 1.76. The Labute approximate surface area is 135 Å². The highest BCUT2D eigenvalue weighted by atomic mass is 79.9. The lowest BCUT2D eigenvalue weighted by Crippen LogP contribution is -2.31.